The second kappa shape index (κ2) is 7.17. The Morgan fingerprint density at radius 1 is 1.30 bits per heavy atom. The van der Waals surface area contributed by atoms with Gasteiger partial charge in [0.15, 0.2) is 0 Å². The quantitative estimate of drug-likeness (QED) is 0.735. The molecule has 0 aliphatic carbocycles. The van der Waals surface area contributed by atoms with Gasteiger partial charge in [0.2, 0.25) is 0 Å². The Balaban J connectivity index is 1.61. The number of carbonyl (C=O) groups is 1. The Kier molecular flexibility index (Phi) is 5.00. The molecule has 7 heteroatoms. The minimum absolute atomic E-state index is 0.111. The van der Waals surface area contributed by atoms with Gasteiger partial charge in [-0.1, -0.05) is 41.4 Å². The number of benzene rings is 1. The number of amides is 1. The molecule has 23 heavy (non-hydrogen) atoms. The van der Waals surface area contributed by atoms with Gasteiger partial charge in [-0.15, -0.1) is 11.3 Å². The van der Waals surface area contributed by atoms with Crippen molar-refractivity contribution in [1.29, 1.82) is 0 Å². The van der Waals surface area contributed by atoms with Crippen molar-refractivity contribution in [2.24, 2.45) is 0 Å². The third-order valence-corrected chi connectivity index (χ3v) is 4.76. The van der Waals surface area contributed by atoms with E-state index in [1.807, 2.05) is 35.7 Å². The zero-order chi connectivity index (χ0) is 16.2. The van der Waals surface area contributed by atoms with Gasteiger partial charge in [0.25, 0.3) is 5.91 Å². The topological polar surface area (TPSA) is 46.9 Å². The number of aromatic nitrogens is 2. The second-order valence-electron chi connectivity index (χ2n) is 4.95. The molecule has 0 bridgehead atoms. The summed E-state index contributed by atoms with van der Waals surface area (Å²) in [6.07, 6.45) is 3.33. The monoisotopic (exact) mass is 365 g/mol. The maximum atomic E-state index is 12.2. The van der Waals surface area contributed by atoms with Gasteiger partial charge in [-0.3, -0.25) is 9.48 Å². The maximum Gasteiger partial charge on any atom is 0.261 e. The molecule has 0 atom stereocenters. The molecule has 0 fully saturated rings. The SMILES string of the molecule is O=C(NCc1ccccc1Cl)c1cc(Cn2cc(Cl)cn2)cs1. The number of halogens is 2. The van der Waals surface area contributed by atoms with Crippen LogP contribution in [0.25, 0.3) is 0 Å². The van der Waals surface area contributed by atoms with Gasteiger partial charge in [-0.05, 0) is 28.6 Å². The van der Waals surface area contributed by atoms with Crippen LogP contribution >= 0.6 is 34.5 Å². The van der Waals surface area contributed by atoms with Crippen molar-refractivity contribution in [2.45, 2.75) is 13.1 Å². The summed E-state index contributed by atoms with van der Waals surface area (Å²) in [5.41, 5.74) is 1.91. The van der Waals surface area contributed by atoms with E-state index in [0.29, 0.717) is 28.0 Å². The molecule has 0 saturated carbocycles. The summed E-state index contributed by atoms with van der Waals surface area (Å²) in [7, 11) is 0. The van der Waals surface area contributed by atoms with Crippen molar-refractivity contribution in [2.75, 3.05) is 0 Å². The first-order valence-corrected chi connectivity index (χ1v) is 8.52. The normalized spacial score (nSPS) is 10.7. The minimum Gasteiger partial charge on any atom is -0.347 e. The molecule has 1 amide bonds. The van der Waals surface area contributed by atoms with Crippen molar-refractivity contribution in [3.05, 3.63) is 74.2 Å². The van der Waals surface area contributed by atoms with Gasteiger partial charge < -0.3 is 5.32 Å². The largest absolute Gasteiger partial charge is 0.347 e. The van der Waals surface area contributed by atoms with Crippen LogP contribution in [0.5, 0.6) is 0 Å². The summed E-state index contributed by atoms with van der Waals surface area (Å²) in [6.45, 7) is 0.988. The molecule has 0 saturated heterocycles. The fraction of sp³-hybridized carbons (Fsp3) is 0.125. The molecule has 0 spiro atoms. The van der Waals surface area contributed by atoms with E-state index in [-0.39, 0.29) is 5.91 Å². The fourth-order valence-corrected chi connectivity index (χ4v) is 3.27. The predicted molar refractivity (Wildman–Crippen MR) is 93.3 cm³/mol. The van der Waals surface area contributed by atoms with Crippen LogP contribution in [0.2, 0.25) is 10.0 Å². The number of nitrogens with one attached hydrogen (secondary N) is 1. The molecular weight excluding hydrogens is 353 g/mol. The van der Waals surface area contributed by atoms with E-state index in [1.54, 1.807) is 17.1 Å². The average Bonchev–Trinajstić information content (AvgIpc) is 3.16. The van der Waals surface area contributed by atoms with Crippen LogP contribution in [0.15, 0.2) is 48.1 Å². The van der Waals surface area contributed by atoms with E-state index in [2.05, 4.69) is 10.4 Å². The lowest BCUT2D eigenvalue weighted by atomic mass is 10.2. The van der Waals surface area contributed by atoms with E-state index in [4.69, 9.17) is 23.2 Å². The van der Waals surface area contributed by atoms with Gasteiger partial charge in [-0.2, -0.15) is 5.10 Å². The van der Waals surface area contributed by atoms with E-state index >= 15 is 0 Å². The van der Waals surface area contributed by atoms with Crippen LogP contribution in [0, 0.1) is 0 Å². The zero-order valence-corrected chi connectivity index (χ0v) is 14.3. The first kappa shape index (κ1) is 16.1. The van der Waals surface area contributed by atoms with Crippen molar-refractivity contribution in [1.82, 2.24) is 15.1 Å². The molecule has 3 aromatic rings. The van der Waals surface area contributed by atoms with E-state index in [1.165, 1.54) is 11.3 Å². The number of nitrogens with zero attached hydrogens (tertiary/aromatic N) is 2. The molecule has 3 rings (SSSR count). The highest BCUT2D eigenvalue weighted by Gasteiger charge is 2.10. The lowest BCUT2D eigenvalue weighted by Gasteiger charge is -2.05. The maximum absolute atomic E-state index is 12.2. The Morgan fingerprint density at radius 2 is 2.13 bits per heavy atom. The molecule has 2 aromatic heterocycles. The van der Waals surface area contributed by atoms with E-state index in [9.17, 15) is 4.79 Å². The Hall–Kier alpha value is -1.82. The second-order valence-corrected chi connectivity index (χ2v) is 6.70. The van der Waals surface area contributed by atoms with Crippen molar-refractivity contribution < 1.29 is 4.79 Å². The predicted octanol–water partition coefficient (Wildman–Crippen LogP) is 4.23. The van der Waals surface area contributed by atoms with Crippen LogP contribution in [0.1, 0.15) is 20.8 Å². The summed E-state index contributed by atoms with van der Waals surface area (Å²) < 4.78 is 1.73. The highest BCUT2D eigenvalue weighted by molar-refractivity contribution is 7.12. The molecule has 0 radical (unpaired) electrons. The molecular formula is C16H13Cl2N3OS. The minimum atomic E-state index is -0.111. The number of thiophene rings is 1. The van der Waals surface area contributed by atoms with Gasteiger partial charge in [0, 0.05) is 17.8 Å². The number of carbonyl (C=O) groups excluding carboxylic acids is 1. The first-order valence-electron chi connectivity index (χ1n) is 6.89. The standard InChI is InChI=1S/C16H13Cl2N3OS/c17-13-7-20-21(9-13)8-11-5-15(23-10-11)16(22)19-6-12-3-1-2-4-14(12)18/h1-5,7,9-10H,6,8H2,(H,19,22). The highest BCUT2D eigenvalue weighted by atomic mass is 35.5. The fourth-order valence-electron chi connectivity index (χ4n) is 2.09. The molecule has 0 aliphatic heterocycles. The molecule has 0 unspecified atom stereocenters. The molecule has 2 heterocycles. The lowest BCUT2D eigenvalue weighted by molar-refractivity contribution is 0.0955. The van der Waals surface area contributed by atoms with E-state index in [0.717, 1.165) is 11.1 Å². The van der Waals surface area contributed by atoms with Gasteiger partial charge in [0.1, 0.15) is 0 Å². The average molecular weight is 366 g/mol. The summed E-state index contributed by atoms with van der Waals surface area (Å²) >= 11 is 13.3. The van der Waals surface area contributed by atoms with Crippen molar-refractivity contribution >= 4 is 40.4 Å². The zero-order valence-electron chi connectivity index (χ0n) is 12.0. The molecule has 1 aromatic carbocycles. The molecule has 118 valence electrons. The Bertz CT molecular complexity index is 828. The van der Waals surface area contributed by atoms with Crippen LogP contribution < -0.4 is 5.32 Å². The van der Waals surface area contributed by atoms with Crippen LogP contribution in [0.3, 0.4) is 0 Å². The number of hydrogen-bond donors (Lipinski definition) is 1. The van der Waals surface area contributed by atoms with Crippen molar-refractivity contribution in [3.63, 3.8) is 0 Å². The van der Waals surface area contributed by atoms with Gasteiger partial charge in [-0.25, -0.2) is 0 Å². The smallest absolute Gasteiger partial charge is 0.261 e. The molecule has 0 aliphatic rings. The summed E-state index contributed by atoms with van der Waals surface area (Å²) in [5.74, 6) is -0.111. The van der Waals surface area contributed by atoms with E-state index < -0.39 is 0 Å². The van der Waals surface area contributed by atoms with Crippen LogP contribution in [-0.2, 0) is 13.1 Å². The third-order valence-electron chi connectivity index (χ3n) is 3.22. The van der Waals surface area contributed by atoms with Crippen molar-refractivity contribution in [3.8, 4) is 0 Å². The molecule has 4 nitrogen and oxygen atoms in total. The third kappa shape index (κ3) is 4.13. The number of hydrogen-bond acceptors (Lipinski definition) is 3. The summed E-state index contributed by atoms with van der Waals surface area (Å²) in [5, 5.41) is 10.2. The lowest BCUT2D eigenvalue weighted by Crippen LogP contribution is -2.21. The first-order chi connectivity index (χ1) is 11.1. The van der Waals surface area contributed by atoms with Gasteiger partial charge in [0.05, 0.1) is 22.6 Å². The number of rotatable bonds is 5. The summed E-state index contributed by atoms with van der Waals surface area (Å²) in [6, 6.07) is 9.32. The highest BCUT2D eigenvalue weighted by Crippen LogP contribution is 2.18. The summed E-state index contributed by atoms with van der Waals surface area (Å²) in [4.78, 5) is 12.9. The molecule has 1 N–H and O–H groups in total. The Morgan fingerprint density at radius 3 is 2.87 bits per heavy atom. The Labute approximate surface area is 147 Å². The van der Waals surface area contributed by atoms with Crippen LogP contribution in [-0.4, -0.2) is 15.7 Å². The van der Waals surface area contributed by atoms with Gasteiger partial charge >= 0.3 is 0 Å². The van der Waals surface area contributed by atoms with Crippen LogP contribution in [0.4, 0.5) is 0 Å².